The first-order valence-corrected chi connectivity index (χ1v) is 5.60. The van der Waals surface area contributed by atoms with E-state index in [1.807, 2.05) is 28.3 Å². The maximum atomic E-state index is 8.94. The Kier molecular flexibility index (Phi) is 2.86. The van der Waals surface area contributed by atoms with Gasteiger partial charge in [-0.15, -0.1) is 0 Å². The minimum absolute atomic E-state index is 0.0703. The molecular formula is C11H11N3S. The standard InChI is InChI=1S/C11H11N3S/c12-6-10-2-1-4-14(10)11(7-13)9-3-5-15-8-9/h1-5,8,11H,7,13H2. The van der Waals surface area contributed by atoms with Crippen LogP contribution in [0.25, 0.3) is 0 Å². The molecule has 1 atom stereocenters. The lowest BCUT2D eigenvalue weighted by Crippen LogP contribution is -2.20. The van der Waals surface area contributed by atoms with Crippen molar-refractivity contribution >= 4 is 11.3 Å². The molecule has 0 aliphatic carbocycles. The molecule has 4 heteroatoms. The molecule has 76 valence electrons. The van der Waals surface area contributed by atoms with Gasteiger partial charge in [-0.3, -0.25) is 0 Å². The molecule has 2 aromatic rings. The summed E-state index contributed by atoms with van der Waals surface area (Å²) in [7, 11) is 0. The van der Waals surface area contributed by atoms with Gasteiger partial charge in [-0.25, -0.2) is 0 Å². The Bertz CT molecular complexity index is 464. The van der Waals surface area contributed by atoms with Crippen molar-refractivity contribution in [2.24, 2.45) is 5.73 Å². The molecule has 0 aromatic carbocycles. The lowest BCUT2D eigenvalue weighted by molar-refractivity contribution is 0.594. The molecule has 0 bridgehead atoms. The Morgan fingerprint density at radius 1 is 1.53 bits per heavy atom. The van der Waals surface area contributed by atoms with E-state index in [-0.39, 0.29) is 6.04 Å². The highest BCUT2D eigenvalue weighted by Gasteiger charge is 2.14. The maximum absolute atomic E-state index is 8.94. The summed E-state index contributed by atoms with van der Waals surface area (Å²) >= 11 is 1.64. The van der Waals surface area contributed by atoms with E-state index in [0.29, 0.717) is 12.2 Å². The van der Waals surface area contributed by atoms with Crippen LogP contribution in [0.1, 0.15) is 17.3 Å². The van der Waals surface area contributed by atoms with E-state index < -0.39 is 0 Å². The molecule has 2 aromatic heterocycles. The van der Waals surface area contributed by atoms with Crippen LogP contribution in [-0.4, -0.2) is 11.1 Å². The van der Waals surface area contributed by atoms with Crippen molar-refractivity contribution in [3.05, 3.63) is 46.4 Å². The second-order valence-corrected chi connectivity index (χ2v) is 4.00. The van der Waals surface area contributed by atoms with Crippen molar-refractivity contribution in [1.29, 1.82) is 5.26 Å². The Hall–Kier alpha value is -1.57. The van der Waals surface area contributed by atoms with Crippen molar-refractivity contribution in [1.82, 2.24) is 4.57 Å². The largest absolute Gasteiger partial charge is 0.331 e. The van der Waals surface area contributed by atoms with Crippen molar-refractivity contribution in [3.63, 3.8) is 0 Å². The van der Waals surface area contributed by atoms with Gasteiger partial charge in [-0.1, -0.05) is 0 Å². The fourth-order valence-corrected chi connectivity index (χ4v) is 2.34. The highest BCUT2D eigenvalue weighted by molar-refractivity contribution is 7.07. The first-order valence-electron chi connectivity index (χ1n) is 4.66. The van der Waals surface area contributed by atoms with Gasteiger partial charge in [0, 0.05) is 12.7 Å². The van der Waals surface area contributed by atoms with Crippen LogP contribution in [0.2, 0.25) is 0 Å². The molecular weight excluding hydrogens is 206 g/mol. The Balaban J connectivity index is 2.40. The molecule has 15 heavy (non-hydrogen) atoms. The van der Waals surface area contributed by atoms with Gasteiger partial charge in [-0.05, 0) is 34.5 Å². The molecule has 2 heterocycles. The number of hydrogen-bond acceptors (Lipinski definition) is 3. The summed E-state index contributed by atoms with van der Waals surface area (Å²) in [4.78, 5) is 0. The third-order valence-corrected chi connectivity index (χ3v) is 3.08. The first kappa shape index (κ1) is 9.97. The second kappa shape index (κ2) is 4.30. The van der Waals surface area contributed by atoms with E-state index in [4.69, 9.17) is 11.0 Å². The average Bonchev–Trinajstić information content (AvgIpc) is 2.89. The molecule has 0 saturated heterocycles. The molecule has 1 unspecified atom stereocenters. The topological polar surface area (TPSA) is 54.7 Å². The zero-order valence-electron chi connectivity index (χ0n) is 8.13. The molecule has 0 spiro atoms. The van der Waals surface area contributed by atoms with E-state index >= 15 is 0 Å². The van der Waals surface area contributed by atoms with Crippen LogP contribution in [-0.2, 0) is 0 Å². The van der Waals surface area contributed by atoms with Crippen molar-refractivity contribution in [3.8, 4) is 6.07 Å². The van der Waals surface area contributed by atoms with Crippen molar-refractivity contribution in [2.45, 2.75) is 6.04 Å². The van der Waals surface area contributed by atoms with Gasteiger partial charge in [-0.2, -0.15) is 16.6 Å². The van der Waals surface area contributed by atoms with Crippen LogP contribution in [0, 0.1) is 11.3 Å². The quantitative estimate of drug-likeness (QED) is 0.854. The Labute approximate surface area is 92.4 Å². The number of nitrogens with zero attached hydrogens (tertiary/aromatic N) is 2. The van der Waals surface area contributed by atoms with Crippen LogP contribution in [0.5, 0.6) is 0 Å². The van der Waals surface area contributed by atoms with E-state index in [0.717, 1.165) is 5.56 Å². The fraction of sp³-hybridized carbons (Fsp3) is 0.182. The van der Waals surface area contributed by atoms with Gasteiger partial charge in [0.1, 0.15) is 11.8 Å². The van der Waals surface area contributed by atoms with Gasteiger partial charge >= 0.3 is 0 Å². The maximum Gasteiger partial charge on any atom is 0.120 e. The molecule has 0 fully saturated rings. The molecule has 0 aliphatic heterocycles. The van der Waals surface area contributed by atoms with E-state index in [2.05, 4.69) is 11.4 Å². The lowest BCUT2D eigenvalue weighted by atomic mass is 10.1. The van der Waals surface area contributed by atoms with E-state index in [9.17, 15) is 0 Å². The molecule has 2 rings (SSSR count). The Morgan fingerprint density at radius 3 is 3.00 bits per heavy atom. The highest BCUT2D eigenvalue weighted by Crippen LogP contribution is 2.21. The molecule has 0 amide bonds. The van der Waals surface area contributed by atoms with E-state index in [1.165, 1.54) is 0 Å². The van der Waals surface area contributed by atoms with E-state index in [1.54, 1.807) is 17.4 Å². The van der Waals surface area contributed by atoms with Crippen LogP contribution in [0.4, 0.5) is 0 Å². The summed E-state index contributed by atoms with van der Waals surface area (Å²) in [6, 6.07) is 7.95. The minimum Gasteiger partial charge on any atom is -0.331 e. The molecule has 2 N–H and O–H groups in total. The number of aromatic nitrogens is 1. The normalized spacial score (nSPS) is 12.3. The highest BCUT2D eigenvalue weighted by atomic mass is 32.1. The smallest absolute Gasteiger partial charge is 0.120 e. The van der Waals surface area contributed by atoms with Crippen LogP contribution in [0.3, 0.4) is 0 Å². The Morgan fingerprint density at radius 2 is 2.40 bits per heavy atom. The molecule has 0 saturated carbocycles. The molecule has 0 aliphatic rings. The van der Waals surface area contributed by atoms with Crippen LogP contribution < -0.4 is 5.73 Å². The predicted octanol–water partition coefficient (Wildman–Crippen LogP) is 1.97. The number of rotatable bonds is 3. The number of nitriles is 1. The lowest BCUT2D eigenvalue weighted by Gasteiger charge is -2.16. The van der Waals surface area contributed by atoms with Gasteiger partial charge < -0.3 is 10.3 Å². The summed E-state index contributed by atoms with van der Waals surface area (Å²) in [6.45, 7) is 0.500. The number of nitrogens with two attached hydrogens (primary N) is 1. The third-order valence-electron chi connectivity index (χ3n) is 2.38. The number of hydrogen-bond donors (Lipinski definition) is 1. The van der Waals surface area contributed by atoms with Gasteiger partial charge in [0.2, 0.25) is 0 Å². The van der Waals surface area contributed by atoms with Crippen molar-refractivity contribution in [2.75, 3.05) is 6.54 Å². The fourth-order valence-electron chi connectivity index (χ4n) is 1.63. The summed E-state index contributed by atoms with van der Waals surface area (Å²) in [6.07, 6.45) is 1.90. The third kappa shape index (κ3) is 1.80. The van der Waals surface area contributed by atoms with Crippen LogP contribution >= 0.6 is 11.3 Å². The van der Waals surface area contributed by atoms with Crippen molar-refractivity contribution < 1.29 is 0 Å². The second-order valence-electron chi connectivity index (χ2n) is 3.22. The average molecular weight is 217 g/mol. The summed E-state index contributed by atoms with van der Waals surface area (Å²) in [5.41, 5.74) is 7.57. The zero-order chi connectivity index (χ0) is 10.7. The van der Waals surface area contributed by atoms with Crippen LogP contribution in [0.15, 0.2) is 35.2 Å². The minimum atomic E-state index is 0.0703. The first-order chi connectivity index (χ1) is 7.36. The summed E-state index contributed by atoms with van der Waals surface area (Å²) < 4.78 is 1.92. The monoisotopic (exact) mass is 217 g/mol. The summed E-state index contributed by atoms with van der Waals surface area (Å²) in [5, 5.41) is 13.0. The predicted molar refractivity (Wildman–Crippen MR) is 60.7 cm³/mol. The zero-order valence-corrected chi connectivity index (χ0v) is 8.95. The number of thiophene rings is 1. The molecule has 3 nitrogen and oxygen atoms in total. The van der Waals surface area contributed by atoms with Gasteiger partial charge in [0.25, 0.3) is 0 Å². The summed E-state index contributed by atoms with van der Waals surface area (Å²) in [5.74, 6) is 0. The van der Waals surface area contributed by atoms with Gasteiger partial charge in [0.05, 0.1) is 6.04 Å². The molecule has 0 radical (unpaired) electrons. The van der Waals surface area contributed by atoms with Gasteiger partial charge in [0.15, 0.2) is 0 Å². The SMILES string of the molecule is N#Cc1cccn1C(CN)c1ccsc1.